The van der Waals surface area contributed by atoms with Gasteiger partial charge in [0.15, 0.2) is 12.4 Å². The van der Waals surface area contributed by atoms with Gasteiger partial charge >= 0.3 is 6.36 Å². The molecule has 2 aromatic heterocycles. The Kier molecular flexibility index (Phi) is 5.35. The van der Waals surface area contributed by atoms with Gasteiger partial charge in [-0.15, -0.1) is 28.2 Å². The highest BCUT2D eigenvalue weighted by atomic mass is 19.4. The molecule has 1 N–H and O–H groups in total. The van der Waals surface area contributed by atoms with E-state index in [1.165, 1.54) is 27.7 Å². The first-order valence-electron chi connectivity index (χ1n) is 8.89. The summed E-state index contributed by atoms with van der Waals surface area (Å²) in [7, 11) is 0. The Morgan fingerprint density at radius 1 is 1.00 bits per heavy atom. The summed E-state index contributed by atoms with van der Waals surface area (Å²) in [6.07, 6.45) is -3.21. The molecule has 1 amide bonds. The standard InChI is InChI=1S/C19H14F3N7O2/c20-19(21,22)31-15-8-6-14(7-9-15)23-18(30)16-10-11-28(25-16)12-29-26-17(24-27-29)13-4-2-1-3-5-13/h1-11H,12H2,(H,23,30). The first kappa shape index (κ1) is 20.1. The minimum atomic E-state index is -4.78. The van der Waals surface area contributed by atoms with Crippen LogP contribution in [0.5, 0.6) is 5.75 Å². The van der Waals surface area contributed by atoms with Crippen LogP contribution in [0.25, 0.3) is 11.4 Å². The minimum absolute atomic E-state index is 0.110. The van der Waals surface area contributed by atoms with Crippen molar-refractivity contribution in [2.45, 2.75) is 13.0 Å². The second-order valence-electron chi connectivity index (χ2n) is 6.26. The summed E-state index contributed by atoms with van der Waals surface area (Å²) in [6, 6.07) is 15.6. The molecule has 9 nitrogen and oxygen atoms in total. The fraction of sp³-hybridized carbons (Fsp3) is 0.105. The SMILES string of the molecule is O=C(Nc1ccc(OC(F)(F)F)cc1)c1ccn(Cn2nnc(-c3ccccc3)n2)n1. The molecule has 0 unspecified atom stereocenters. The van der Waals surface area contributed by atoms with Crippen molar-refractivity contribution in [2.75, 3.05) is 5.32 Å². The molecule has 0 atom stereocenters. The van der Waals surface area contributed by atoms with E-state index in [1.54, 1.807) is 6.20 Å². The number of hydrogen-bond acceptors (Lipinski definition) is 6. The van der Waals surface area contributed by atoms with Crippen molar-refractivity contribution in [2.24, 2.45) is 0 Å². The quantitative estimate of drug-likeness (QED) is 0.505. The molecule has 0 fully saturated rings. The lowest BCUT2D eigenvalue weighted by Crippen LogP contribution is -2.17. The number of hydrogen-bond donors (Lipinski definition) is 1. The van der Waals surface area contributed by atoms with Crippen molar-refractivity contribution in [3.05, 3.63) is 72.6 Å². The van der Waals surface area contributed by atoms with Crippen molar-refractivity contribution in [1.29, 1.82) is 0 Å². The molecule has 0 aliphatic heterocycles. The Balaban J connectivity index is 1.37. The normalized spacial score (nSPS) is 11.3. The first-order chi connectivity index (χ1) is 14.9. The molecule has 0 spiro atoms. The van der Waals surface area contributed by atoms with E-state index in [0.717, 1.165) is 17.7 Å². The van der Waals surface area contributed by atoms with Crippen molar-refractivity contribution >= 4 is 11.6 Å². The van der Waals surface area contributed by atoms with Crippen LogP contribution in [0.1, 0.15) is 10.5 Å². The van der Waals surface area contributed by atoms with Gasteiger partial charge in [0, 0.05) is 17.4 Å². The van der Waals surface area contributed by atoms with Crippen LogP contribution < -0.4 is 10.1 Å². The van der Waals surface area contributed by atoms with Crippen LogP contribution in [0, 0.1) is 0 Å². The molecule has 0 radical (unpaired) electrons. The lowest BCUT2D eigenvalue weighted by Gasteiger charge is -2.09. The number of tetrazole rings is 1. The smallest absolute Gasteiger partial charge is 0.406 e. The number of nitrogens with one attached hydrogen (secondary N) is 1. The summed E-state index contributed by atoms with van der Waals surface area (Å²) in [5.74, 6) is -0.451. The summed E-state index contributed by atoms with van der Waals surface area (Å²) in [6.45, 7) is 0.136. The molecular formula is C19H14F3N7O2. The summed E-state index contributed by atoms with van der Waals surface area (Å²) in [5, 5.41) is 18.9. The predicted octanol–water partition coefficient (Wildman–Crippen LogP) is 3.19. The van der Waals surface area contributed by atoms with E-state index in [9.17, 15) is 18.0 Å². The number of rotatable bonds is 6. The van der Waals surface area contributed by atoms with Gasteiger partial charge in [-0.2, -0.15) is 5.10 Å². The predicted molar refractivity (Wildman–Crippen MR) is 102 cm³/mol. The number of nitrogens with zero attached hydrogens (tertiary/aromatic N) is 6. The molecule has 4 aromatic rings. The minimum Gasteiger partial charge on any atom is -0.406 e. The van der Waals surface area contributed by atoms with Crippen LogP contribution in [-0.4, -0.2) is 42.3 Å². The zero-order valence-electron chi connectivity index (χ0n) is 15.7. The highest BCUT2D eigenvalue weighted by Gasteiger charge is 2.31. The zero-order chi connectivity index (χ0) is 21.8. The highest BCUT2D eigenvalue weighted by Crippen LogP contribution is 2.24. The molecule has 12 heteroatoms. The maximum Gasteiger partial charge on any atom is 0.573 e. The largest absolute Gasteiger partial charge is 0.573 e. The van der Waals surface area contributed by atoms with Gasteiger partial charge < -0.3 is 10.1 Å². The third-order valence-electron chi connectivity index (χ3n) is 3.98. The van der Waals surface area contributed by atoms with E-state index in [0.29, 0.717) is 11.5 Å². The molecule has 0 aliphatic carbocycles. The average molecular weight is 429 g/mol. The second kappa shape index (κ2) is 8.26. The maximum absolute atomic E-state index is 12.3. The molecule has 0 bridgehead atoms. The molecule has 31 heavy (non-hydrogen) atoms. The number of benzene rings is 2. The molecular weight excluding hydrogens is 415 g/mol. The maximum atomic E-state index is 12.3. The van der Waals surface area contributed by atoms with Crippen LogP contribution >= 0.6 is 0 Å². The summed E-state index contributed by atoms with van der Waals surface area (Å²) in [4.78, 5) is 13.7. The molecule has 2 aromatic carbocycles. The lowest BCUT2D eigenvalue weighted by atomic mass is 10.2. The number of ether oxygens (including phenoxy) is 1. The second-order valence-corrected chi connectivity index (χ2v) is 6.26. The van der Waals surface area contributed by atoms with E-state index < -0.39 is 12.3 Å². The van der Waals surface area contributed by atoms with Crippen LogP contribution in [0.3, 0.4) is 0 Å². The van der Waals surface area contributed by atoms with Gasteiger partial charge in [-0.1, -0.05) is 30.3 Å². The number of carbonyl (C=O) groups excluding carboxylic acids is 1. The monoisotopic (exact) mass is 429 g/mol. The van der Waals surface area contributed by atoms with Crippen LogP contribution in [-0.2, 0) is 6.67 Å². The first-order valence-corrected chi connectivity index (χ1v) is 8.89. The van der Waals surface area contributed by atoms with E-state index in [2.05, 4.69) is 30.6 Å². The van der Waals surface area contributed by atoms with Gasteiger partial charge in [0.25, 0.3) is 5.91 Å². The lowest BCUT2D eigenvalue weighted by molar-refractivity contribution is -0.274. The Hall–Kier alpha value is -4.22. The van der Waals surface area contributed by atoms with Crippen LogP contribution in [0.15, 0.2) is 66.9 Å². The Labute approximate surface area is 173 Å². The van der Waals surface area contributed by atoms with Crippen molar-refractivity contribution in [3.63, 3.8) is 0 Å². The van der Waals surface area contributed by atoms with Crippen molar-refractivity contribution < 1.29 is 22.7 Å². The number of alkyl halides is 3. The molecule has 4 rings (SSSR count). The summed E-state index contributed by atoms with van der Waals surface area (Å²) >= 11 is 0. The summed E-state index contributed by atoms with van der Waals surface area (Å²) < 4.78 is 41.8. The number of anilines is 1. The van der Waals surface area contributed by atoms with E-state index in [1.807, 2.05) is 30.3 Å². The third kappa shape index (κ3) is 5.23. The Bertz CT molecular complexity index is 1170. The van der Waals surface area contributed by atoms with Gasteiger partial charge in [-0.25, -0.2) is 4.68 Å². The highest BCUT2D eigenvalue weighted by molar-refractivity contribution is 6.02. The topological polar surface area (TPSA) is 99.8 Å². The average Bonchev–Trinajstić information content (AvgIpc) is 3.39. The molecule has 0 saturated heterocycles. The summed E-state index contributed by atoms with van der Waals surface area (Å²) in [5.41, 5.74) is 1.22. The Morgan fingerprint density at radius 2 is 1.74 bits per heavy atom. The van der Waals surface area contributed by atoms with E-state index >= 15 is 0 Å². The molecule has 2 heterocycles. The van der Waals surface area contributed by atoms with E-state index in [4.69, 9.17) is 0 Å². The zero-order valence-corrected chi connectivity index (χ0v) is 15.7. The third-order valence-corrected chi connectivity index (χ3v) is 3.98. The molecule has 0 saturated carbocycles. The number of aromatic nitrogens is 6. The van der Waals surface area contributed by atoms with Crippen molar-refractivity contribution in [1.82, 2.24) is 30.0 Å². The van der Waals surface area contributed by atoms with E-state index in [-0.39, 0.29) is 18.1 Å². The van der Waals surface area contributed by atoms with Gasteiger partial charge in [0.2, 0.25) is 5.82 Å². The van der Waals surface area contributed by atoms with Gasteiger partial charge in [-0.05, 0) is 35.5 Å². The number of carbonyl (C=O) groups is 1. The number of halogens is 3. The van der Waals surface area contributed by atoms with Crippen LogP contribution in [0.4, 0.5) is 18.9 Å². The fourth-order valence-electron chi connectivity index (χ4n) is 2.63. The van der Waals surface area contributed by atoms with Crippen molar-refractivity contribution in [3.8, 4) is 17.1 Å². The van der Waals surface area contributed by atoms with Gasteiger partial charge in [0.1, 0.15) is 5.75 Å². The fourth-order valence-corrected chi connectivity index (χ4v) is 2.63. The van der Waals surface area contributed by atoms with Crippen LogP contribution in [0.2, 0.25) is 0 Å². The Morgan fingerprint density at radius 3 is 2.45 bits per heavy atom. The molecule has 0 aliphatic rings. The molecule has 158 valence electrons. The van der Waals surface area contributed by atoms with Gasteiger partial charge in [-0.3, -0.25) is 4.79 Å². The van der Waals surface area contributed by atoms with Gasteiger partial charge in [0.05, 0.1) is 0 Å². The number of amides is 1.